The predicted octanol–water partition coefficient (Wildman–Crippen LogP) is 4.51. The molecule has 120 valence electrons. The first-order chi connectivity index (χ1) is 11.0. The third kappa shape index (κ3) is 2.96. The molecule has 6 heteroatoms. The minimum atomic E-state index is -0.339. The monoisotopic (exact) mass is 350 g/mol. The number of esters is 1. The van der Waals surface area contributed by atoms with Crippen LogP contribution in [0.15, 0.2) is 36.5 Å². The maximum absolute atomic E-state index is 12.3. The number of carbonyl (C=O) groups is 1. The maximum Gasteiger partial charge on any atom is 0.355 e. The summed E-state index contributed by atoms with van der Waals surface area (Å²) in [6.07, 6.45) is 1.96. The van der Waals surface area contributed by atoms with Crippen molar-refractivity contribution < 1.29 is 9.53 Å². The van der Waals surface area contributed by atoms with E-state index in [1.165, 1.54) is 0 Å². The summed E-state index contributed by atoms with van der Waals surface area (Å²) in [5.74, 6) is -0.339. The van der Waals surface area contributed by atoms with Gasteiger partial charge in [-0.25, -0.2) is 4.79 Å². The van der Waals surface area contributed by atoms with Crippen LogP contribution in [-0.2, 0) is 18.3 Å². The lowest BCUT2D eigenvalue weighted by atomic mass is 10.2. The Kier molecular flexibility index (Phi) is 4.37. The zero-order valence-corrected chi connectivity index (χ0v) is 14.4. The van der Waals surface area contributed by atoms with Crippen LogP contribution in [0.2, 0.25) is 10.0 Å². The van der Waals surface area contributed by atoms with E-state index in [9.17, 15) is 4.79 Å². The molecule has 2 aromatic heterocycles. The molecule has 0 saturated heterocycles. The highest BCUT2D eigenvalue weighted by molar-refractivity contribution is 6.35. The second kappa shape index (κ2) is 6.30. The quantitative estimate of drug-likeness (QED) is 0.649. The van der Waals surface area contributed by atoms with Crippen molar-refractivity contribution in [2.75, 3.05) is 6.61 Å². The van der Waals surface area contributed by atoms with E-state index in [0.717, 1.165) is 16.6 Å². The van der Waals surface area contributed by atoms with Gasteiger partial charge in [0.25, 0.3) is 0 Å². The first-order valence-electron chi connectivity index (χ1n) is 7.27. The van der Waals surface area contributed by atoms with Gasteiger partial charge in [0.1, 0.15) is 5.69 Å². The van der Waals surface area contributed by atoms with Gasteiger partial charge < -0.3 is 13.9 Å². The van der Waals surface area contributed by atoms with E-state index in [1.807, 2.05) is 40.6 Å². The van der Waals surface area contributed by atoms with Gasteiger partial charge in [-0.05, 0) is 36.8 Å². The zero-order valence-electron chi connectivity index (χ0n) is 12.8. The number of ether oxygens (including phenoxy) is 1. The number of hydrogen-bond donors (Lipinski definition) is 0. The number of rotatable bonds is 4. The highest BCUT2D eigenvalue weighted by Crippen LogP contribution is 2.26. The number of nitrogens with zero attached hydrogens (tertiary/aromatic N) is 2. The minimum absolute atomic E-state index is 0.335. The summed E-state index contributed by atoms with van der Waals surface area (Å²) in [4.78, 5) is 12.3. The van der Waals surface area contributed by atoms with E-state index >= 15 is 0 Å². The second-order valence-corrected chi connectivity index (χ2v) is 6.11. The Hall–Kier alpha value is -1.91. The molecule has 0 spiro atoms. The molecule has 0 N–H and O–H groups in total. The predicted molar refractivity (Wildman–Crippen MR) is 92.4 cm³/mol. The van der Waals surface area contributed by atoms with Gasteiger partial charge in [-0.2, -0.15) is 0 Å². The lowest BCUT2D eigenvalue weighted by molar-refractivity contribution is 0.0515. The van der Waals surface area contributed by atoms with Crippen molar-refractivity contribution in [2.45, 2.75) is 13.5 Å². The SMILES string of the molecule is CCOC(=O)c1cc2c(ccn2C)n1Cc1ccc(Cl)cc1Cl. The minimum Gasteiger partial charge on any atom is -0.461 e. The molecule has 1 aromatic carbocycles. The third-order valence-electron chi connectivity index (χ3n) is 3.78. The molecule has 0 bridgehead atoms. The molecule has 0 aliphatic heterocycles. The Morgan fingerprint density at radius 2 is 1.96 bits per heavy atom. The number of carbonyl (C=O) groups excluding carboxylic acids is 1. The summed E-state index contributed by atoms with van der Waals surface area (Å²) >= 11 is 12.2. The third-order valence-corrected chi connectivity index (χ3v) is 4.37. The standard InChI is InChI=1S/C17H16Cl2N2O2/c1-3-23-17(22)16-9-15-14(6-7-20(15)2)21(16)10-11-4-5-12(18)8-13(11)19/h4-9H,3,10H2,1-2H3. The van der Waals surface area contributed by atoms with E-state index in [-0.39, 0.29) is 5.97 Å². The average molecular weight is 351 g/mol. The van der Waals surface area contributed by atoms with Crippen molar-refractivity contribution in [2.24, 2.45) is 7.05 Å². The molecule has 0 unspecified atom stereocenters. The van der Waals surface area contributed by atoms with E-state index < -0.39 is 0 Å². The van der Waals surface area contributed by atoms with Crippen molar-refractivity contribution >= 4 is 40.2 Å². The molecule has 0 saturated carbocycles. The van der Waals surface area contributed by atoms with Gasteiger partial charge >= 0.3 is 5.97 Å². The summed E-state index contributed by atoms with van der Waals surface area (Å²) in [7, 11) is 1.94. The van der Waals surface area contributed by atoms with Crippen molar-refractivity contribution in [3.05, 3.63) is 57.8 Å². The van der Waals surface area contributed by atoms with Gasteiger partial charge in [0, 0.05) is 29.8 Å². The first-order valence-corrected chi connectivity index (χ1v) is 8.02. The fourth-order valence-electron chi connectivity index (χ4n) is 2.63. The molecule has 0 amide bonds. The summed E-state index contributed by atoms with van der Waals surface area (Å²) in [5, 5.41) is 1.16. The fourth-order valence-corrected chi connectivity index (χ4v) is 3.10. The molecular formula is C17H16Cl2N2O2. The Labute approximate surface area is 144 Å². The van der Waals surface area contributed by atoms with Crippen molar-refractivity contribution in [3.63, 3.8) is 0 Å². The zero-order chi connectivity index (χ0) is 16.6. The number of halogens is 2. The van der Waals surface area contributed by atoms with Crippen LogP contribution in [0.1, 0.15) is 23.0 Å². The van der Waals surface area contributed by atoms with E-state index in [0.29, 0.717) is 28.9 Å². The van der Waals surface area contributed by atoms with Gasteiger partial charge in [0.05, 0.1) is 17.6 Å². The Bertz CT molecular complexity index is 880. The number of benzene rings is 1. The van der Waals surface area contributed by atoms with E-state index in [1.54, 1.807) is 19.1 Å². The Morgan fingerprint density at radius 1 is 1.17 bits per heavy atom. The lowest BCUT2D eigenvalue weighted by Gasteiger charge is -2.11. The molecule has 0 radical (unpaired) electrons. The highest BCUT2D eigenvalue weighted by atomic mass is 35.5. The largest absolute Gasteiger partial charge is 0.461 e. The van der Waals surface area contributed by atoms with Gasteiger partial charge in [-0.3, -0.25) is 0 Å². The number of fused-ring (bicyclic) bond motifs is 1. The van der Waals surface area contributed by atoms with Gasteiger partial charge in [-0.1, -0.05) is 29.3 Å². The summed E-state index contributed by atoms with van der Waals surface area (Å²) in [5.41, 5.74) is 3.33. The molecule has 3 rings (SSSR count). The van der Waals surface area contributed by atoms with Crippen molar-refractivity contribution in [3.8, 4) is 0 Å². The molecule has 0 fully saturated rings. The van der Waals surface area contributed by atoms with Crippen LogP contribution in [0.4, 0.5) is 0 Å². The van der Waals surface area contributed by atoms with Crippen molar-refractivity contribution in [1.82, 2.24) is 9.13 Å². The van der Waals surface area contributed by atoms with Crippen LogP contribution in [0.3, 0.4) is 0 Å². The van der Waals surface area contributed by atoms with Crippen LogP contribution < -0.4 is 0 Å². The van der Waals surface area contributed by atoms with Crippen LogP contribution in [-0.4, -0.2) is 21.7 Å². The van der Waals surface area contributed by atoms with Crippen molar-refractivity contribution in [1.29, 1.82) is 0 Å². The first kappa shape index (κ1) is 16.0. The molecule has 4 nitrogen and oxygen atoms in total. The molecule has 0 atom stereocenters. The normalized spacial score (nSPS) is 11.1. The summed E-state index contributed by atoms with van der Waals surface area (Å²) in [6, 6.07) is 9.18. The molecule has 0 aliphatic rings. The molecule has 0 aliphatic carbocycles. The summed E-state index contributed by atoms with van der Waals surface area (Å²) in [6.45, 7) is 2.60. The number of hydrogen-bond acceptors (Lipinski definition) is 2. The van der Waals surface area contributed by atoms with Gasteiger partial charge in [0.2, 0.25) is 0 Å². The van der Waals surface area contributed by atoms with Crippen LogP contribution in [0.5, 0.6) is 0 Å². The topological polar surface area (TPSA) is 36.2 Å². The molecule has 3 aromatic rings. The van der Waals surface area contributed by atoms with Crippen LogP contribution in [0.25, 0.3) is 11.0 Å². The van der Waals surface area contributed by atoms with E-state index in [2.05, 4.69) is 0 Å². The summed E-state index contributed by atoms with van der Waals surface area (Å²) < 4.78 is 9.06. The number of aryl methyl sites for hydroxylation is 1. The second-order valence-electron chi connectivity index (χ2n) is 5.27. The molecule has 23 heavy (non-hydrogen) atoms. The fraction of sp³-hybridized carbons (Fsp3) is 0.235. The smallest absolute Gasteiger partial charge is 0.355 e. The Morgan fingerprint density at radius 3 is 2.65 bits per heavy atom. The maximum atomic E-state index is 12.3. The number of aromatic nitrogens is 2. The van der Waals surface area contributed by atoms with Gasteiger partial charge in [-0.15, -0.1) is 0 Å². The lowest BCUT2D eigenvalue weighted by Crippen LogP contribution is -2.13. The van der Waals surface area contributed by atoms with Crippen LogP contribution >= 0.6 is 23.2 Å². The van der Waals surface area contributed by atoms with E-state index in [4.69, 9.17) is 27.9 Å². The highest BCUT2D eigenvalue weighted by Gasteiger charge is 2.19. The Balaban J connectivity index is 2.10. The van der Waals surface area contributed by atoms with Gasteiger partial charge in [0.15, 0.2) is 0 Å². The van der Waals surface area contributed by atoms with Crippen LogP contribution in [0, 0.1) is 0 Å². The molecule has 2 heterocycles. The molecular weight excluding hydrogens is 335 g/mol. The average Bonchev–Trinajstić information content (AvgIpc) is 3.03.